The van der Waals surface area contributed by atoms with Crippen LogP contribution in [0.25, 0.3) is 0 Å². The van der Waals surface area contributed by atoms with E-state index < -0.39 is 5.97 Å². The Bertz CT molecular complexity index is 238. The number of unbranched alkanes of at least 4 members (excludes halogenated alkanes) is 3. The molecule has 0 saturated carbocycles. The van der Waals surface area contributed by atoms with E-state index in [0.29, 0.717) is 6.61 Å². The molecule has 1 aromatic rings. The number of carboxylic acids is 1. The summed E-state index contributed by atoms with van der Waals surface area (Å²) in [5.41, 5.74) is 0. The molecule has 3 nitrogen and oxygen atoms in total. The molecule has 1 N–H and O–H groups in total. The molecule has 0 radical (unpaired) electrons. The number of carboxylic acid groups (broad SMARTS) is 1. The van der Waals surface area contributed by atoms with Gasteiger partial charge in [-0.1, -0.05) is 26.2 Å². The molecule has 0 amide bonds. The van der Waals surface area contributed by atoms with Crippen molar-refractivity contribution >= 4 is 5.97 Å². The van der Waals surface area contributed by atoms with Crippen molar-refractivity contribution in [1.82, 2.24) is 0 Å². The average molecular weight is 244 g/mol. The third kappa shape index (κ3) is 17.6. The van der Waals surface area contributed by atoms with Crippen molar-refractivity contribution in [3.05, 3.63) is 36.4 Å². The Kier molecular flexibility index (Phi) is 17.7. The Morgan fingerprint density at radius 3 is 2.22 bits per heavy atom. The second-order valence-corrected chi connectivity index (χ2v) is 3.58. The van der Waals surface area contributed by atoms with Gasteiger partial charge in [-0.25, -0.2) is 4.79 Å². The van der Waals surface area contributed by atoms with E-state index in [9.17, 15) is 4.79 Å². The Morgan fingerprint density at radius 2 is 1.83 bits per heavy atom. The van der Waals surface area contributed by atoms with Gasteiger partial charge >= 0.3 is 24.8 Å². The summed E-state index contributed by atoms with van der Waals surface area (Å²) in [6.07, 6.45) is 4.51. The Morgan fingerprint density at radius 1 is 1.17 bits per heavy atom. The molecule has 1 aromatic carbocycles. The SMILES string of the molecule is CCCCCCOCC(=O)O.[Li+].[c-]1ccccc1. The smallest absolute Gasteiger partial charge is 0.480 e. The summed E-state index contributed by atoms with van der Waals surface area (Å²) in [6.45, 7) is 2.55. The molecule has 1 rings (SSSR count). The molecule has 0 spiro atoms. The van der Waals surface area contributed by atoms with Gasteiger partial charge in [-0.05, 0) is 6.42 Å². The fourth-order valence-electron chi connectivity index (χ4n) is 1.13. The zero-order valence-corrected chi connectivity index (χ0v) is 11.4. The molecule has 0 aliphatic carbocycles. The van der Waals surface area contributed by atoms with Gasteiger partial charge in [0.15, 0.2) is 0 Å². The van der Waals surface area contributed by atoms with E-state index in [2.05, 4.69) is 13.0 Å². The molecule has 0 fully saturated rings. The summed E-state index contributed by atoms with van der Waals surface area (Å²) in [5, 5.41) is 8.19. The first kappa shape index (κ1) is 19.6. The van der Waals surface area contributed by atoms with Crippen molar-refractivity contribution in [2.45, 2.75) is 32.6 Å². The number of ether oxygens (including phenoxy) is 1. The van der Waals surface area contributed by atoms with E-state index in [-0.39, 0.29) is 25.5 Å². The zero-order valence-electron chi connectivity index (χ0n) is 11.4. The van der Waals surface area contributed by atoms with Crippen LogP contribution in [0.5, 0.6) is 0 Å². The minimum absolute atomic E-state index is 0. The van der Waals surface area contributed by atoms with Gasteiger partial charge in [0.1, 0.15) is 6.61 Å². The molecule has 0 aromatic heterocycles. The van der Waals surface area contributed by atoms with Crippen molar-refractivity contribution in [1.29, 1.82) is 0 Å². The van der Waals surface area contributed by atoms with Gasteiger partial charge in [0.05, 0.1) is 0 Å². The van der Waals surface area contributed by atoms with Crippen molar-refractivity contribution in [2.75, 3.05) is 13.2 Å². The molecule has 0 bridgehead atoms. The Labute approximate surface area is 122 Å². The van der Waals surface area contributed by atoms with Gasteiger partial charge in [0.25, 0.3) is 0 Å². The summed E-state index contributed by atoms with van der Waals surface area (Å²) in [6, 6.07) is 12.5. The Balaban J connectivity index is 0. The fraction of sp³-hybridized carbons (Fsp3) is 0.500. The average Bonchev–Trinajstić information content (AvgIpc) is 2.36. The van der Waals surface area contributed by atoms with Crippen LogP contribution < -0.4 is 18.9 Å². The van der Waals surface area contributed by atoms with Crippen molar-refractivity contribution in [2.24, 2.45) is 0 Å². The Hall–Kier alpha value is -0.753. The van der Waals surface area contributed by atoms with Gasteiger partial charge in [0.2, 0.25) is 0 Å². The fourth-order valence-corrected chi connectivity index (χ4v) is 1.13. The van der Waals surface area contributed by atoms with Crippen LogP contribution in [0.1, 0.15) is 32.6 Å². The van der Waals surface area contributed by atoms with Crippen LogP contribution in [0, 0.1) is 6.07 Å². The maximum atomic E-state index is 9.96. The predicted molar refractivity (Wildman–Crippen MR) is 67.9 cm³/mol. The number of carbonyl (C=O) groups is 1. The summed E-state index contributed by atoms with van der Waals surface area (Å²) in [4.78, 5) is 9.96. The van der Waals surface area contributed by atoms with E-state index in [1.165, 1.54) is 12.8 Å². The van der Waals surface area contributed by atoms with Crippen molar-refractivity contribution in [3.8, 4) is 0 Å². The van der Waals surface area contributed by atoms with Crippen LogP contribution in [0.3, 0.4) is 0 Å². The second kappa shape index (κ2) is 16.2. The van der Waals surface area contributed by atoms with Crippen molar-refractivity contribution < 1.29 is 33.5 Å². The van der Waals surface area contributed by atoms with E-state index in [1.54, 1.807) is 0 Å². The van der Waals surface area contributed by atoms with Crippen LogP contribution in [-0.4, -0.2) is 24.3 Å². The molecule has 0 heterocycles. The normalized spacial score (nSPS) is 8.72. The quantitative estimate of drug-likeness (QED) is 0.422. The maximum absolute atomic E-state index is 9.96. The molecule has 0 saturated heterocycles. The standard InChI is InChI=1S/C8H16O3.C6H5.Li/c1-2-3-4-5-6-11-7-8(9)10;1-2-4-6-5-3-1;/h2-7H2,1H3,(H,9,10);1-5H;/q;-1;+1. The minimum atomic E-state index is -0.888. The third-order valence-corrected chi connectivity index (χ3v) is 1.97. The molecule has 0 atom stereocenters. The molecular formula is C14H21LiO3. The van der Waals surface area contributed by atoms with Crippen molar-refractivity contribution in [3.63, 3.8) is 0 Å². The topological polar surface area (TPSA) is 46.5 Å². The first-order chi connectivity index (χ1) is 8.27. The molecule has 4 heteroatoms. The van der Waals surface area contributed by atoms with E-state index in [1.807, 2.05) is 30.3 Å². The number of benzene rings is 1. The van der Waals surface area contributed by atoms with Gasteiger partial charge in [-0.15, -0.1) is 0 Å². The van der Waals surface area contributed by atoms with Gasteiger partial charge < -0.3 is 9.84 Å². The molecule has 18 heavy (non-hydrogen) atoms. The summed E-state index contributed by atoms with van der Waals surface area (Å²) < 4.78 is 4.84. The van der Waals surface area contributed by atoms with Gasteiger partial charge in [-0.3, -0.25) is 0 Å². The molecule has 0 aliphatic rings. The largest absolute Gasteiger partial charge is 1.00 e. The molecule has 96 valence electrons. The van der Waals surface area contributed by atoms with Crippen LogP contribution in [0.2, 0.25) is 0 Å². The molecule has 0 unspecified atom stereocenters. The zero-order chi connectivity index (χ0) is 12.8. The monoisotopic (exact) mass is 244 g/mol. The first-order valence-corrected chi connectivity index (χ1v) is 5.98. The van der Waals surface area contributed by atoms with E-state index >= 15 is 0 Å². The second-order valence-electron chi connectivity index (χ2n) is 3.58. The van der Waals surface area contributed by atoms with Gasteiger partial charge in [0, 0.05) is 6.61 Å². The van der Waals surface area contributed by atoms with E-state index in [4.69, 9.17) is 9.84 Å². The third-order valence-electron chi connectivity index (χ3n) is 1.97. The van der Waals surface area contributed by atoms with Crippen LogP contribution in [0.15, 0.2) is 30.3 Å². The number of hydrogen-bond acceptors (Lipinski definition) is 2. The van der Waals surface area contributed by atoms with Gasteiger partial charge in [-0.2, -0.15) is 36.4 Å². The molecule has 0 aliphatic heterocycles. The number of aliphatic carboxylic acids is 1. The summed E-state index contributed by atoms with van der Waals surface area (Å²) in [5.74, 6) is -0.888. The van der Waals surface area contributed by atoms with Crippen LogP contribution >= 0.6 is 0 Å². The first-order valence-electron chi connectivity index (χ1n) is 5.98. The number of hydrogen-bond donors (Lipinski definition) is 1. The predicted octanol–water partition coefficient (Wildman–Crippen LogP) is 0.159. The summed E-state index contributed by atoms with van der Waals surface area (Å²) >= 11 is 0. The van der Waals surface area contributed by atoms with E-state index in [0.717, 1.165) is 12.8 Å². The van der Waals surface area contributed by atoms with Crippen LogP contribution in [-0.2, 0) is 9.53 Å². The minimum Gasteiger partial charge on any atom is -0.480 e. The van der Waals surface area contributed by atoms with Crippen LogP contribution in [0.4, 0.5) is 0 Å². The molecular weight excluding hydrogens is 223 g/mol. The summed E-state index contributed by atoms with van der Waals surface area (Å²) in [7, 11) is 0. The maximum Gasteiger partial charge on any atom is 1.00 e. The number of rotatable bonds is 7.